The van der Waals surface area contributed by atoms with Crippen molar-refractivity contribution in [2.24, 2.45) is 23.7 Å². The predicted octanol–water partition coefficient (Wildman–Crippen LogP) is 6.80. The number of carbonyl (C=O) groups is 1. The van der Waals surface area contributed by atoms with E-state index in [0.717, 1.165) is 88.6 Å². The highest BCUT2D eigenvalue weighted by Gasteiger charge is 2.34. The molecule has 3 aliphatic carbocycles. The quantitative estimate of drug-likeness (QED) is 0.168. The molecule has 0 aromatic carbocycles. The van der Waals surface area contributed by atoms with Gasteiger partial charge in [0.2, 0.25) is 0 Å². The summed E-state index contributed by atoms with van der Waals surface area (Å²) in [5.74, 6) is 2.94. The Balaban J connectivity index is 1.21. The third-order valence-corrected chi connectivity index (χ3v) is 8.89. The molecule has 0 aromatic rings. The summed E-state index contributed by atoms with van der Waals surface area (Å²) in [5.41, 5.74) is 0. The SMILES string of the molecule is CCCC1CCC(C2CCC(OC(=O)C3CCC(OCCCCCCOCO)CC3)CC2)CC1. The predicted molar refractivity (Wildman–Crippen MR) is 135 cm³/mol. The molecule has 5 heteroatoms. The van der Waals surface area contributed by atoms with Crippen molar-refractivity contribution in [2.75, 3.05) is 20.0 Å². The lowest BCUT2D eigenvalue weighted by atomic mass is 9.70. The Morgan fingerprint density at radius 1 is 0.735 bits per heavy atom. The second-order valence-electron chi connectivity index (χ2n) is 11.3. The van der Waals surface area contributed by atoms with Gasteiger partial charge in [-0.25, -0.2) is 0 Å². The van der Waals surface area contributed by atoms with Gasteiger partial charge in [-0.1, -0.05) is 45.4 Å². The largest absolute Gasteiger partial charge is 0.462 e. The molecule has 0 atom stereocenters. The van der Waals surface area contributed by atoms with Crippen molar-refractivity contribution in [3.8, 4) is 0 Å². The third kappa shape index (κ3) is 9.78. The number of carbonyl (C=O) groups excluding carboxylic acids is 1. The van der Waals surface area contributed by atoms with Crippen LogP contribution in [0.15, 0.2) is 0 Å². The van der Waals surface area contributed by atoms with E-state index in [1.807, 2.05) is 0 Å². The van der Waals surface area contributed by atoms with Crippen molar-refractivity contribution in [1.82, 2.24) is 0 Å². The summed E-state index contributed by atoms with van der Waals surface area (Å²) >= 11 is 0. The van der Waals surface area contributed by atoms with Crippen molar-refractivity contribution in [1.29, 1.82) is 0 Å². The summed E-state index contributed by atoms with van der Waals surface area (Å²) in [6.45, 7) is 3.58. The molecule has 0 saturated heterocycles. The number of unbranched alkanes of at least 4 members (excludes halogenated alkanes) is 3. The van der Waals surface area contributed by atoms with Gasteiger partial charge in [0.1, 0.15) is 12.9 Å². The summed E-state index contributed by atoms with van der Waals surface area (Å²) in [4.78, 5) is 12.8. The van der Waals surface area contributed by atoms with Gasteiger partial charge in [-0.2, -0.15) is 0 Å². The minimum atomic E-state index is -0.180. The number of ether oxygens (including phenoxy) is 3. The van der Waals surface area contributed by atoms with Gasteiger partial charge < -0.3 is 19.3 Å². The first-order chi connectivity index (χ1) is 16.7. The normalized spacial score (nSPS) is 32.4. The molecule has 1 N–H and O–H groups in total. The molecule has 3 saturated carbocycles. The molecule has 5 nitrogen and oxygen atoms in total. The Bertz CT molecular complexity index is 529. The average Bonchev–Trinajstić information content (AvgIpc) is 2.87. The van der Waals surface area contributed by atoms with Crippen molar-refractivity contribution in [3.05, 3.63) is 0 Å². The molecule has 198 valence electrons. The molecule has 3 rings (SSSR count). The molecule has 0 heterocycles. The summed E-state index contributed by atoms with van der Waals surface area (Å²) in [5, 5.41) is 8.59. The van der Waals surface area contributed by atoms with Gasteiger partial charge >= 0.3 is 5.97 Å². The molecule has 34 heavy (non-hydrogen) atoms. The molecule has 0 aliphatic heterocycles. The Morgan fingerprint density at radius 2 is 1.32 bits per heavy atom. The van der Waals surface area contributed by atoms with Gasteiger partial charge in [-0.05, 0) is 94.8 Å². The molecule has 0 radical (unpaired) electrons. The highest BCUT2D eigenvalue weighted by atomic mass is 16.6. The highest BCUT2D eigenvalue weighted by Crippen LogP contribution is 2.41. The molecule has 0 unspecified atom stereocenters. The standard InChI is InChI=1S/C29H52O5/c1-2-7-23-8-10-24(11-9-23)25-12-18-28(19-13-25)34-29(31)26-14-16-27(17-15-26)33-21-6-4-3-5-20-32-22-30/h23-28,30H,2-22H2,1H3. The summed E-state index contributed by atoms with van der Waals surface area (Å²) in [7, 11) is 0. The van der Waals surface area contributed by atoms with Crippen molar-refractivity contribution >= 4 is 5.97 Å². The van der Waals surface area contributed by atoms with Gasteiger partial charge in [-0.3, -0.25) is 4.79 Å². The van der Waals surface area contributed by atoms with Crippen LogP contribution in [0.1, 0.15) is 122 Å². The van der Waals surface area contributed by atoms with Gasteiger partial charge in [0.05, 0.1) is 12.0 Å². The van der Waals surface area contributed by atoms with E-state index in [1.165, 1.54) is 51.4 Å². The first-order valence-corrected chi connectivity index (χ1v) is 14.7. The van der Waals surface area contributed by atoms with Crippen LogP contribution in [0.2, 0.25) is 0 Å². The van der Waals surface area contributed by atoms with Crippen LogP contribution in [0, 0.1) is 23.7 Å². The van der Waals surface area contributed by atoms with Crippen molar-refractivity contribution < 1.29 is 24.1 Å². The second kappa shape index (κ2) is 16.2. The maximum Gasteiger partial charge on any atom is 0.309 e. The zero-order valence-electron chi connectivity index (χ0n) is 21.9. The van der Waals surface area contributed by atoms with Crippen LogP contribution in [0.4, 0.5) is 0 Å². The highest BCUT2D eigenvalue weighted by molar-refractivity contribution is 5.72. The minimum absolute atomic E-state index is 0.0621. The minimum Gasteiger partial charge on any atom is -0.462 e. The molecule has 0 spiro atoms. The third-order valence-electron chi connectivity index (χ3n) is 8.89. The zero-order chi connectivity index (χ0) is 24.0. The number of hydrogen-bond donors (Lipinski definition) is 1. The van der Waals surface area contributed by atoms with Crippen LogP contribution in [0.5, 0.6) is 0 Å². The first-order valence-electron chi connectivity index (χ1n) is 14.7. The van der Waals surface area contributed by atoms with Crippen LogP contribution in [-0.2, 0) is 19.0 Å². The number of aliphatic hydroxyl groups excluding tert-OH is 1. The Kier molecular flexibility index (Phi) is 13.3. The number of rotatable bonds is 14. The summed E-state index contributed by atoms with van der Waals surface area (Å²) in [6.07, 6.45) is 21.8. The van der Waals surface area contributed by atoms with Gasteiger partial charge in [-0.15, -0.1) is 0 Å². The van der Waals surface area contributed by atoms with Gasteiger partial charge in [0.15, 0.2) is 0 Å². The topological polar surface area (TPSA) is 65.0 Å². The van der Waals surface area contributed by atoms with E-state index in [-0.39, 0.29) is 24.8 Å². The summed E-state index contributed by atoms with van der Waals surface area (Å²) < 4.78 is 17.0. The van der Waals surface area contributed by atoms with E-state index in [0.29, 0.717) is 12.7 Å². The maximum absolute atomic E-state index is 12.8. The average molecular weight is 481 g/mol. The van der Waals surface area contributed by atoms with E-state index >= 15 is 0 Å². The molecule has 0 aromatic heterocycles. The first kappa shape index (κ1) is 27.9. The molecular weight excluding hydrogens is 428 g/mol. The smallest absolute Gasteiger partial charge is 0.309 e. The van der Waals surface area contributed by atoms with E-state index in [9.17, 15) is 4.79 Å². The van der Waals surface area contributed by atoms with Gasteiger partial charge in [0, 0.05) is 13.2 Å². The number of aliphatic hydroxyl groups is 1. The summed E-state index contributed by atoms with van der Waals surface area (Å²) in [6, 6.07) is 0. The lowest BCUT2D eigenvalue weighted by Gasteiger charge is -2.38. The second-order valence-corrected chi connectivity index (χ2v) is 11.3. The van der Waals surface area contributed by atoms with E-state index in [2.05, 4.69) is 6.92 Å². The van der Waals surface area contributed by atoms with Crippen LogP contribution in [-0.4, -0.2) is 43.3 Å². The van der Waals surface area contributed by atoms with Crippen LogP contribution < -0.4 is 0 Å². The van der Waals surface area contributed by atoms with Crippen LogP contribution >= 0.6 is 0 Å². The van der Waals surface area contributed by atoms with E-state index in [1.54, 1.807) is 0 Å². The van der Waals surface area contributed by atoms with Crippen molar-refractivity contribution in [2.45, 2.75) is 135 Å². The zero-order valence-corrected chi connectivity index (χ0v) is 21.9. The molecule has 3 aliphatic rings. The van der Waals surface area contributed by atoms with Crippen LogP contribution in [0.25, 0.3) is 0 Å². The van der Waals surface area contributed by atoms with Crippen LogP contribution in [0.3, 0.4) is 0 Å². The maximum atomic E-state index is 12.8. The molecule has 3 fully saturated rings. The lowest BCUT2D eigenvalue weighted by molar-refractivity contribution is -0.158. The lowest BCUT2D eigenvalue weighted by Crippen LogP contribution is -2.33. The number of hydrogen-bond acceptors (Lipinski definition) is 5. The van der Waals surface area contributed by atoms with Crippen molar-refractivity contribution in [3.63, 3.8) is 0 Å². The monoisotopic (exact) mass is 480 g/mol. The Labute approximate surface area is 208 Å². The Morgan fingerprint density at radius 3 is 1.94 bits per heavy atom. The fourth-order valence-electron chi connectivity index (χ4n) is 6.73. The van der Waals surface area contributed by atoms with Gasteiger partial charge in [0.25, 0.3) is 0 Å². The fraction of sp³-hybridized carbons (Fsp3) is 0.966. The van der Waals surface area contributed by atoms with E-state index < -0.39 is 0 Å². The molecule has 0 bridgehead atoms. The Hall–Kier alpha value is -0.650. The molecule has 0 amide bonds. The van der Waals surface area contributed by atoms with E-state index in [4.69, 9.17) is 19.3 Å². The fourth-order valence-corrected chi connectivity index (χ4v) is 6.73. The molecular formula is C29H52O5. The number of esters is 1.